The van der Waals surface area contributed by atoms with Gasteiger partial charge in [0.1, 0.15) is 4.90 Å². The van der Waals surface area contributed by atoms with Crippen molar-refractivity contribution in [2.75, 3.05) is 43.4 Å². The zero-order valence-corrected chi connectivity index (χ0v) is 12.6. The van der Waals surface area contributed by atoms with E-state index in [4.69, 9.17) is 10.9 Å². The van der Waals surface area contributed by atoms with Crippen molar-refractivity contribution >= 4 is 21.4 Å². The minimum absolute atomic E-state index is 0.00845. The molecule has 4 N–H and O–H groups in total. The van der Waals surface area contributed by atoms with Gasteiger partial charge in [-0.2, -0.15) is 0 Å². The summed E-state index contributed by atoms with van der Waals surface area (Å²) in [4.78, 5) is 4.64. The summed E-state index contributed by atoms with van der Waals surface area (Å²) < 4.78 is 22.7. The van der Waals surface area contributed by atoms with E-state index in [-0.39, 0.29) is 10.6 Å². The maximum Gasteiger partial charge on any atom is 0.240 e. The number of nitrogen functional groups attached to an aromatic ring is 1. The molecule has 0 saturated carbocycles. The molecule has 1 heterocycles. The third-order valence-corrected chi connectivity index (χ3v) is 4.56. The van der Waals surface area contributed by atoms with Crippen LogP contribution in [0.5, 0.6) is 0 Å². The lowest BCUT2D eigenvalue weighted by molar-refractivity contribution is 0.258. The zero-order chi connectivity index (χ0) is 14.8. The predicted octanol–water partition coefficient (Wildman–Crippen LogP) is 0.448. The van der Waals surface area contributed by atoms with Crippen LogP contribution in [0.4, 0.5) is 11.4 Å². The van der Waals surface area contributed by atoms with Gasteiger partial charge in [-0.1, -0.05) is 6.92 Å². The molecule has 20 heavy (non-hydrogen) atoms. The Morgan fingerprint density at radius 3 is 2.35 bits per heavy atom. The fourth-order valence-electron chi connectivity index (χ4n) is 2.54. The first kappa shape index (κ1) is 15.1. The van der Waals surface area contributed by atoms with Gasteiger partial charge in [0, 0.05) is 31.9 Å². The molecule has 1 aliphatic heterocycles. The molecule has 0 spiro atoms. The number of nitrogens with zero attached hydrogens (tertiary/aromatic N) is 2. The van der Waals surface area contributed by atoms with Gasteiger partial charge in [-0.3, -0.25) is 4.90 Å². The van der Waals surface area contributed by atoms with Crippen LogP contribution in [0.15, 0.2) is 23.1 Å². The van der Waals surface area contributed by atoms with E-state index in [1.807, 2.05) is 0 Å². The summed E-state index contributed by atoms with van der Waals surface area (Å²) in [7, 11) is -3.75. The summed E-state index contributed by atoms with van der Waals surface area (Å²) in [6.07, 6.45) is 1.16. The Bertz CT molecular complexity index is 566. The van der Waals surface area contributed by atoms with E-state index in [1.165, 1.54) is 6.07 Å². The Morgan fingerprint density at radius 1 is 1.20 bits per heavy atom. The maximum absolute atomic E-state index is 11.3. The van der Waals surface area contributed by atoms with Gasteiger partial charge in [0.25, 0.3) is 0 Å². The van der Waals surface area contributed by atoms with Crippen molar-refractivity contribution in [2.24, 2.45) is 5.14 Å². The lowest BCUT2D eigenvalue weighted by atomic mass is 10.2. The molecule has 7 heteroatoms. The van der Waals surface area contributed by atoms with Crippen LogP contribution in [0.2, 0.25) is 0 Å². The molecule has 112 valence electrons. The third-order valence-electron chi connectivity index (χ3n) is 3.58. The molecule has 0 aliphatic carbocycles. The van der Waals surface area contributed by atoms with Gasteiger partial charge in [0.2, 0.25) is 10.0 Å². The monoisotopic (exact) mass is 298 g/mol. The van der Waals surface area contributed by atoms with E-state index < -0.39 is 10.0 Å². The quantitative estimate of drug-likeness (QED) is 0.787. The Labute approximate surface area is 120 Å². The highest BCUT2D eigenvalue weighted by atomic mass is 32.2. The van der Waals surface area contributed by atoms with Gasteiger partial charge in [-0.25, -0.2) is 13.6 Å². The number of nitrogens with two attached hydrogens (primary N) is 2. The molecular weight excluding hydrogens is 276 g/mol. The Hall–Kier alpha value is -1.31. The second kappa shape index (κ2) is 5.99. The molecular formula is C13H22N4O2S. The fourth-order valence-corrected chi connectivity index (χ4v) is 3.18. The van der Waals surface area contributed by atoms with Crippen LogP contribution in [-0.4, -0.2) is 46.0 Å². The minimum atomic E-state index is -3.75. The predicted molar refractivity (Wildman–Crippen MR) is 81.2 cm³/mol. The molecule has 1 fully saturated rings. The van der Waals surface area contributed by atoms with E-state index in [0.717, 1.165) is 44.8 Å². The zero-order valence-electron chi connectivity index (χ0n) is 11.7. The molecule has 0 amide bonds. The smallest absolute Gasteiger partial charge is 0.240 e. The number of benzene rings is 1. The fraction of sp³-hybridized carbons (Fsp3) is 0.538. The van der Waals surface area contributed by atoms with Crippen LogP contribution in [0, 0.1) is 0 Å². The van der Waals surface area contributed by atoms with Crippen LogP contribution < -0.4 is 15.8 Å². The lowest BCUT2D eigenvalue weighted by Gasteiger charge is -2.36. The van der Waals surface area contributed by atoms with Crippen molar-refractivity contribution in [3.8, 4) is 0 Å². The number of sulfonamides is 1. The normalized spacial score (nSPS) is 17.4. The first-order valence-corrected chi connectivity index (χ1v) is 8.36. The molecule has 1 aromatic carbocycles. The van der Waals surface area contributed by atoms with E-state index in [2.05, 4.69) is 16.7 Å². The molecule has 2 rings (SSSR count). The van der Waals surface area contributed by atoms with Crippen molar-refractivity contribution in [1.29, 1.82) is 0 Å². The van der Waals surface area contributed by atoms with Gasteiger partial charge in [-0.05, 0) is 31.2 Å². The molecule has 6 nitrogen and oxygen atoms in total. The minimum Gasteiger partial charge on any atom is -0.398 e. The molecule has 0 aromatic heterocycles. The van der Waals surface area contributed by atoms with Crippen molar-refractivity contribution in [1.82, 2.24) is 4.90 Å². The van der Waals surface area contributed by atoms with E-state index in [9.17, 15) is 8.42 Å². The van der Waals surface area contributed by atoms with Crippen LogP contribution in [0.3, 0.4) is 0 Å². The first-order chi connectivity index (χ1) is 9.41. The second-order valence-corrected chi connectivity index (χ2v) is 6.63. The van der Waals surface area contributed by atoms with Crippen LogP contribution >= 0.6 is 0 Å². The number of rotatable bonds is 4. The Balaban J connectivity index is 2.10. The number of hydrogen-bond acceptors (Lipinski definition) is 5. The molecule has 1 saturated heterocycles. The van der Waals surface area contributed by atoms with Crippen molar-refractivity contribution in [3.05, 3.63) is 18.2 Å². The highest BCUT2D eigenvalue weighted by Crippen LogP contribution is 2.25. The van der Waals surface area contributed by atoms with Gasteiger partial charge in [0.15, 0.2) is 0 Å². The van der Waals surface area contributed by atoms with Crippen LogP contribution in [0.1, 0.15) is 13.3 Å². The molecule has 0 radical (unpaired) electrons. The Kier molecular flexibility index (Phi) is 4.52. The summed E-state index contributed by atoms with van der Waals surface area (Å²) in [5.41, 5.74) is 6.95. The average Bonchev–Trinajstić information content (AvgIpc) is 2.38. The van der Waals surface area contributed by atoms with E-state index in [1.54, 1.807) is 12.1 Å². The van der Waals surface area contributed by atoms with Gasteiger partial charge >= 0.3 is 0 Å². The summed E-state index contributed by atoms with van der Waals surface area (Å²) in [5.74, 6) is 0. The van der Waals surface area contributed by atoms with E-state index >= 15 is 0 Å². The standard InChI is InChI=1S/C13H22N4O2S/c1-2-5-16-6-8-17(9-7-16)11-3-4-13(12(14)10-11)20(15,18)19/h3-4,10H,2,5-9,14H2,1H3,(H2,15,18,19). The SMILES string of the molecule is CCCN1CCN(c2ccc(S(N)(=O)=O)c(N)c2)CC1. The summed E-state index contributed by atoms with van der Waals surface area (Å²) in [5, 5.41) is 5.11. The number of piperazine rings is 1. The average molecular weight is 298 g/mol. The van der Waals surface area contributed by atoms with Gasteiger partial charge < -0.3 is 10.6 Å². The first-order valence-electron chi connectivity index (χ1n) is 6.81. The highest BCUT2D eigenvalue weighted by molar-refractivity contribution is 7.89. The Morgan fingerprint density at radius 2 is 1.85 bits per heavy atom. The topological polar surface area (TPSA) is 92.7 Å². The lowest BCUT2D eigenvalue weighted by Crippen LogP contribution is -2.46. The van der Waals surface area contributed by atoms with Crippen LogP contribution in [-0.2, 0) is 10.0 Å². The molecule has 0 bridgehead atoms. The van der Waals surface area contributed by atoms with Crippen molar-refractivity contribution in [3.63, 3.8) is 0 Å². The summed E-state index contributed by atoms with van der Waals surface area (Å²) >= 11 is 0. The van der Waals surface area contributed by atoms with Crippen LogP contribution in [0.25, 0.3) is 0 Å². The maximum atomic E-state index is 11.3. The number of hydrogen-bond donors (Lipinski definition) is 2. The third kappa shape index (κ3) is 3.41. The largest absolute Gasteiger partial charge is 0.398 e. The van der Waals surface area contributed by atoms with Crippen molar-refractivity contribution in [2.45, 2.75) is 18.2 Å². The number of anilines is 2. The molecule has 0 unspecified atom stereocenters. The summed E-state index contributed by atoms with van der Waals surface area (Å²) in [6.45, 7) is 7.19. The van der Waals surface area contributed by atoms with E-state index in [0.29, 0.717) is 0 Å². The van der Waals surface area contributed by atoms with Gasteiger partial charge in [0.05, 0.1) is 5.69 Å². The molecule has 1 aliphatic rings. The van der Waals surface area contributed by atoms with Gasteiger partial charge in [-0.15, -0.1) is 0 Å². The molecule has 1 aromatic rings. The highest BCUT2D eigenvalue weighted by Gasteiger charge is 2.18. The number of primary sulfonamides is 1. The summed E-state index contributed by atoms with van der Waals surface area (Å²) in [6, 6.07) is 4.94. The van der Waals surface area contributed by atoms with Crippen molar-refractivity contribution < 1.29 is 8.42 Å². The molecule has 0 atom stereocenters. The second-order valence-electron chi connectivity index (χ2n) is 5.10.